The molecule has 1 fully saturated rings. The first kappa shape index (κ1) is 8.04. The molecule has 2 atom stereocenters. The Morgan fingerprint density at radius 3 is 2.18 bits per heavy atom. The van der Waals surface area contributed by atoms with Crippen LogP contribution in [0.3, 0.4) is 0 Å². The Balaban J connectivity index is 2.44. The first-order valence-electron chi connectivity index (χ1n) is 3.48. The Morgan fingerprint density at radius 2 is 1.91 bits per heavy atom. The molecule has 4 nitrogen and oxygen atoms in total. The SMILES string of the molecule is CN(C)C(=O)[C@H]1C[C@H]1C(=O)O. The van der Waals surface area contributed by atoms with E-state index in [-0.39, 0.29) is 11.8 Å². The summed E-state index contributed by atoms with van der Waals surface area (Å²) in [6, 6.07) is 0. The van der Waals surface area contributed by atoms with Crippen molar-refractivity contribution in [2.45, 2.75) is 6.42 Å². The standard InChI is InChI=1S/C7H11NO3/c1-8(2)6(9)4-3-5(4)7(10)11/h4-5H,3H2,1-2H3,(H,10,11)/t4-,5+/m0/s1. The molecule has 1 saturated carbocycles. The van der Waals surface area contributed by atoms with Crippen LogP contribution in [0.1, 0.15) is 6.42 Å². The van der Waals surface area contributed by atoms with E-state index in [9.17, 15) is 9.59 Å². The molecule has 0 aromatic carbocycles. The molecular formula is C7H11NO3. The van der Waals surface area contributed by atoms with Gasteiger partial charge in [-0.05, 0) is 6.42 Å². The van der Waals surface area contributed by atoms with Gasteiger partial charge in [0.1, 0.15) is 0 Å². The molecular weight excluding hydrogens is 146 g/mol. The number of carbonyl (C=O) groups is 2. The number of carboxylic acid groups (broad SMARTS) is 1. The topological polar surface area (TPSA) is 57.6 Å². The van der Waals surface area contributed by atoms with E-state index in [1.165, 1.54) is 4.90 Å². The highest BCUT2D eigenvalue weighted by Crippen LogP contribution is 2.39. The highest BCUT2D eigenvalue weighted by atomic mass is 16.4. The van der Waals surface area contributed by atoms with Crippen LogP contribution in [0.5, 0.6) is 0 Å². The maximum absolute atomic E-state index is 11.1. The second-order valence-electron chi connectivity index (χ2n) is 3.02. The molecule has 0 bridgehead atoms. The summed E-state index contributed by atoms with van der Waals surface area (Å²) in [5.74, 6) is -1.62. The van der Waals surface area contributed by atoms with Crippen LogP contribution in [0.15, 0.2) is 0 Å². The average molecular weight is 157 g/mol. The van der Waals surface area contributed by atoms with Gasteiger partial charge < -0.3 is 10.0 Å². The number of hydrogen-bond acceptors (Lipinski definition) is 2. The monoisotopic (exact) mass is 157 g/mol. The van der Waals surface area contributed by atoms with E-state index in [1.54, 1.807) is 14.1 Å². The van der Waals surface area contributed by atoms with Crippen LogP contribution in [-0.2, 0) is 9.59 Å². The predicted octanol–water partition coefficient (Wildman–Crippen LogP) is -0.205. The quantitative estimate of drug-likeness (QED) is 0.603. The zero-order chi connectivity index (χ0) is 8.59. The number of hydrogen-bond donors (Lipinski definition) is 1. The number of carbonyl (C=O) groups excluding carboxylic acids is 1. The zero-order valence-electron chi connectivity index (χ0n) is 6.57. The van der Waals surface area contributed by atoms with E-state index in [2.05, 4.69) is 0 Å². The first-order chi connectivity index (χ1) is 5.04. The fraction of sp³-hybridized carbons (Fsp3) is 0.714. The third-order valence-electron chi connectivity index (χ3n) is 1.87. The molecule has 0 aromatic heterocycles. The van der Waals surface area contributed by atoms with Gasteiger partial charge in [0.05, 0.1) is 11.8 Å². The fourth-order valence-corrected chi connectivity index (χ4v) is 1.07. The molecule has 0 radical (unpaired) electrons. The Hall–Kier alpha value is -1.06. The molecule has 1 N–H and O–H groups in total. The second kappa shape index (κ2) is 2.53. The molecule has 0 heterocycles. The van der Waals surface area contributed by atoms with Crippen LogP contribution in [0.25, 0.3) is 0 Å². The van der Waals surface area contributed by atoms with Gasteiger partial charge in [-0.1, -0.05) is 0 Å². The van der Waals surface area contributed by atoms with Crippen LogP contribution >= 0.6 is 0 Å². The predicted molar refractivity (Wildman–Crippen MR) is 37.9 cm³/mol. The van der Waals surface area contributed by atoms with E-state index in [1.807, 2.05) is 0 Å². The van der Waals surface area contributed by atoms with Gasteiger partial charge in [0.2, 0.25) is 5.91 Å². The molecule has 0 saturated heterocycles. The van der Waals surface area contributed by atoms with Crippen molar-refractivity contribution in [1.29, 1.82) is 0 Å². The van der Waals surface area contributed by atoms with Crippen molar-refractivity contribution in [3.8, 4) is 0 Å². The Kier molecular flexibility index (Phi) is 1.85. The van der Waals surface area contributed by atoms with Crippen LogP contribution in [0.4, 0.5) is 0 Å². The zero-order valence-corrected chi connectivity index (χ0v) is 6.57. The van der Waals surface area contributed by atoms with Crippen LogP contribution in [-0.4, -0.2) is 36.0 Å². The van der Waals surface area contributed by atoms with E-state index in [4.69, 9.17) is 5.11 Å². The maximum Gasteiger partial charge on any atom is 0.307 e. The minimum atomic E-state index is -0.856. The molecule has 1 aliphatic rings. The van der Waals surface area contributed by atoms with Crippen molar-refractivity contribution in [2.75, 3.05) is 14.1 Å². The summed E-state index contributed by atoms with van der Waals surface area (Å²) in [6.45, 7) is 0. The molecule has 4 heteroatoms. The van der Waals surface area contributed by atoms with Gasteiger partial charge in [0, 0.05) is 14.1 Å². The lowest BCUT2D eigenvalue weighted by Gasteiger charge is -2.08. The fourth-order valence-electron chi connectivity index (χ4n) is 1.07. The molecule has 0 aliphatic heterocycles. The molecule has 0 spiro atoms. The summed E-state index contributed by atoms with van der Waals surface area (Å²) >= 11 is 0. The summed E-state index contributed by atoms with van der Waals surface area (Å²) in [7, 11) is 3.28. The second-order valence-corrected chi connectivity index (χ2v) is 3.02. The van der Waals surface area contributed by atoms with Gasteiger partial charge in [-0.15, -0.1) is 0 Å². The van der Waals surface area contributed by atoms with Gasteiger partial charge in [0.15, 0.2) is 0 Å². The summed E-state index contributed by atoms with van der Waals surface area (Å²) in [5.41, 5.74) is 0. The Labute approximate surface area is 64.8 Å². The molecule has 62 valence electrons. The summed E-state index contributed by atoms with van der Waals surface area (Å²) in [6.07, 6.45) is 0.506. The van der Waals surface area contributed by atoms with Gasteiger partial charge in [-0.25, -0.2) is 0 Å². The first-order valence-corrected chi connectivity index (χ1v) is 3.48. The lowest BCUT2D eigenvalue weighted by molar-refractivity contribution is -0.141. The minimum absolute atomic E-state index is 0.0719. The lowest BCUT2D eigenvalue weighted by Crippen LogP contribution is -2.24. The number of amides is 1. The summed E-state index contributed by atoms with van der Waals surface area (Å²) in [4.78, 5) is 22.8. The number of carboxylic acids is 1. The Bertz CT molecular complexity index is 200. The van der Waals surface area contributed by atoms with Crippen molar-refractivity contribution in [3.05, 3.63) is 0 Å². The normalized spacial score (nSPS) is 27.8. The van der Waals surface area contributed by atoms with Gasteiger partial charge in [-0.3, -0.25) is 9.59 Å². The molecule has 1 rings (SSSR count). The van der Waals surface area contributed by atoms with Gasteiger partial charge in [-0.2, -0.15) is 0 Å². The van der Waals surface area contributed by atoms with Crippen LogP contribution in [0.2, 0.25) is 0 Å². The lowest BCUT2D eigenvalue weighted by atomic mass is 10.3. The molecule has 0 unspecified atom stereocenters. The van der Waals surface area contributed by atoms with E-state index >= 15 is 0 Å². The van der Waals surface area contributed by atoms with Crippen LogP contribution in [0, 0.1) is 11.8 Å². The molecule has 0 aromatic rings. The smallest absolute Gasteiger partial charge is 0.307 e. The van der Waals surface area contributed by atoms with E-state index < -0.39 is 11.9 Å². The summed E-state index contributed by atoms with van der Waals surface area (Å²) in [5, 5.41) is 8.48. The average Bonchev–Trinajstić information content (AvgIpc) is 2.63. The van der Waals surface area contributed by atoms with Crippen molar-refractivity contribution >= 4 is 11.9 Å². The largest absolute Gasteiger partial charge is 0.481 e. The maximum atomic E-state index is 11.1. The molecule has 11 heavy (non-hydrogen) atoms. The highest BCUT2D eigenvalue weighted by molar-refractivity contribution is 5.89. The Morgan fingerprint density at radius 1 is 1.36 bits per heavy atom. The molecule has 1 amide bonds. The number of rotatable bonds is 2. The number of nitrogens with zero attached hydrogens (tertiary/aromatic N) is 1. The van der Waals surface area contributed by atoms with E-state index in [0.29, 0.717) is 6.42 Å². The third-order valence-corrected chi connectivity index (χ3v) is 1.87. The summed E-state index contributed by atoms with van der Waals surface area (Å²) < 4.78 is 0. The third kappa shape index (κ3) is 1.50. The van der Waals surface area contributed by atoms with Crippen LogP contribution < -0.4 is 0 Å². The highest BCUT2D eigenvalue weighted by Gasteiger charge is 2.48. The minimum Gasteiger partial charge on any atom is -0.481 e. The van der Waals surface area contributed by atoms with E-state index in [0.717, 1.165) is 0 Å². The van der Waals surface area contributed by atoms with Crippen molar-refractivity contribution < 1.29 is 14.7 Å². The van der Waals surface area contributed by atoms with Gasteiger partial charge in [0.25, 0.3) is 0 Å². The van der Waals surface area contributed by atoms with Gasteiger partial charge >= 0.3 is 5.97 Å². The van der Waals surface area contributed by atoms with Crippen molar-refractivity contribution in [2.24, 2.45) is 11.8 Å². The number of aliphatic carboxylic acids is 1. The van der Waals surface area contributed by atoms with Crippen molar-refractivity contribution in [1.82, 2.24) is 4.90 Å². The molecule has 1 aliphatic carbocycles. The van der Waals surface area contributed by atoms with Crippen molar-refractivity contribution in [3.63, 3.8) is 0 Å².